The van der Waals surface area contributed by atoms with Crippen LogP contribution in [0.3, 0.4) is 0 Å². The van der Waals surface area contributed by atoms with Crippen molar-refractivity contribution in [3.8, 4) is 0 Å². The lowest BCUT2D eigenvalue weighted by Crippen LogP contribution is -2.51. The summed E-state index contributed by atoms with van der Waals surface area (Å²) >= 11 is 11.8. The molecule has 1 aromatic carbocycles. The number of carbonyl (C=O) groups is 2. The Balaban J connectivity index is 2.06. The van der Waals surface area contributed by atoms with E-state index in [1.165, 1.54) is 0 Å². The van der Waals surface area contributed by atoms with E-state index in [4.69, 9.17) is 28.3 Å². The number of carboxylic acid groups (broad SMARTS) is 1. The van der Waals surface area contributed by atoms with Gasteiger partial charge in [-0.05, 0) is 24.6 Å². The number of halogens is 2. The first kappa shape index (κ1) is 17.1. The summed E-state index contributed by atoms with van der Waals surface area (Å²) in [5, 5.41) is 19.7. The second-order valence-electron chi connectivity index (χ2n) is 5.56. The van der Waals surface area contributed by atoms with Gasteiger partial charge in [0.15, 0.2) is 5.60 Å². The molecule has 1 atom stereocenters. The van der Waals surface area contributed by atoms with Crippen molar-refractivity contribution in [2.75, 3.05) is 13.1 Å². The van der Waals surface area contributed by atoms with E-state index in [-0.39, 0.29) is 31.8 Å². The summed E-state index contributed by atoms with van der Waals surface area (Å²) in [5.41, 5.74) is -0.984. The summed E-state index contributed by atoms with van der Waals surface area (Å²) in [5.74, 6) is -1.77. The topological polar surface area (TPSA) is 77.8 Å². The summed E-state index contributed by atoms with van der Waals surface area (Å²) < 4.78 is 0. The van der Waals surface area contributed by atoms with E-state index in [1.807, 2.05) is 0 Å². The van der Waals surface area contributed by atoms with Crippen LogP contribution in [-0.2, 0) is 9.59 Å². The molecule has 120 valence electrons. The minimum Gasteiger partial charge on any atom is -0.479 e. The highest BCUT2D eigenvalue weighted by Gasteiger charge is 2.41. The summed E-state index contributed by atoms with van der Waals surface area (Å²) in [4.78, 5) is 25.1. The molecule has 1 aromatic rings. The fraction of sp³-hybridized carbons (Fsp3) is 0.467. The molecule has 0 saturated carbocycles. The molecular weight excluding hydrogens is 329 g/mol. The van der Waals surface area contributed by atoms with E-state index in [1.54, 1.807) is 30.0 Å². The molecule has 1 aliphatic heterocycles. The first-order chi connectivity index (χ1) is 10.2. The molecule has 0 aliphatic carbocycles. The van der Waals surface area contributed by atoms with Crippen molar-refractivity contribution in [2.45, 2.75) is 31.3 Å². The molecule has 0 radical (unpaired) electrons. The number of likely N-dealkylation sites (tertiary alicyclic amines) is 1. The van der Waals surface area contributed by atoms with Gasteiger partial charge in [0.25, 0.3) is 0 Å². The molecule has 1 aliphatic rings. The Morgan fingerprint density at radius 1 is 1.23 bits per heavy atom. The lowest BCUT2D eigenvalue weighted by atomic mass is 9.90. The third kappa shape index (κ3) is 3.37. The maximum Gasteiger partial charge on any atom is 0.335 e. The van der Waals surface area contributed by atoms with Crippen LogP contribution in [0.2, 0.25) is 10.0 Å². The van der Waals surface area contributed by atoms with Gasteiger partial charge in [-0.2, -0.15) is 0 Å². The molecule has 2 N–H and O–H groups in total. The monoisotopic (exact) mass is 345 g/mol. The standard InChI is InChI=1S/C15H17Cl2NO4/c1-9(10-2-3-11(16)12(17)8-10)13(19)18-6-4-15(22,5-7-18)14(20)21/h2-3,8-9,22H,4-7H2,1H3,(H,20,21). The van der Waals surface area contributed by atoms with Crippen molar-refractivity contribution in [3.05, 3.63) is 33.8 Å². The molecule has 1 unspecified atom stereocenters. The third-order valence-corrected chi connectivity index (χ3v) is 4.85. The van der Waals surface area contributed by atoms with E-state index < -0.39 is 17.5 Å². The van der Waals surface area contributed by atoms with E-state index in [9.17, 15) is 14.7 Å². The van der Waals surface area contributed by atoms with E-state index >= 15 is 0 Å². The fourth-order valence-corrected chi connectivity index (χ4v) is 2.82. The number of hydrogen-bond donors (Lipinski definition) is 2. The Labute approximate surface area is 138 Å². The number of benzene rings is 1. The minimum atomic E-state index is -1.73. The van der Waals surface area contributed by atoms with Crippen molar-refractivity contribution in [3.63, 3.8) is 0 Å². The van der Waals surface area contributed by atoms with Gasteiger partial charge in [0, 0.05) is 25.9 Å². The van der Waals surface area contributed by atoms with Gasteiger partial charge in [0.1, 0.15) is 0 Å². The van der Waals surface area contributed by atoms with Crippen molar-refractivity contribution < 1.29 is 19.8 Å². The Hall–Kier alpha value is -1.30. The quantitative estimate of drug-likeness (QED) is 0.882. The van der Waals surface area contributed by atoms with Crippen LogP contribution < -0.4 is 0 Å². The number of carbonyl (C=O) groups excluding carboxylic acids is 1. The first-order valence-electron chi connectivity index (χ1n) is 6.94. The predicted octanol–water partition coefficient (Wildman–Crippen LogP) is 2.54. The van der Waals surface area contributed by atoms with Gasteiger partial charge in [-0.15, -0.1) is 0 Å². The molecular formula is C15H17Cl2NO4. The highest BCUT2D eigenvalue weighted by molar-refractivity contribution is 6.42. The van der Waals surface area contributed by atoms with Crippen molar-refractivity contribution in [1.82, 2.24) is 4.90 Å². The molecule has 1 amide bonds. The molecule has 1 heterocycles. The predicted molar refractivity (Wildman–Crippen MR) is 83.3 cm³/mol. The summed E-state index contributed by atoms with van der Waals surface area (Å²) in [6, 6.07) is 5.04. The molecule has 0 aromatic heterocycles. The highest BCUT2D eigenvalue weighted by atomic mass is 35.5. The van der Waals surface area contributed by atoms with Gasteiger partial charge in [-0.1, -0.05) is 29.3 Å². The van der Waals surface area contributed by atoms with E-state index in [0.717, 1.165) is 5.56 Å². The smallest absolute Gasteiger partial charge is 0.335 e. The van der Waals surface area contributed by atoms with E-state index in [2.05, 4.69) is 0 Å². The van der Waals surface area contributed by atoms with Gasteiger partial charge in [-0.3, -0.25) is 4.79 Å². The van der Waals surface area contributed by atoms with Crippen LogP contribution in [-0.4, -0.2) is 45.7 Å². The Morgan fingerprint density at radius 2 is 1.82 bits per heavy atom. The van der Waals surface area contributed by atoms with Crippen molar-refractivity contribution in [1.29, 1.82) is 0 Å². The van der Waals surface area contributed by atoms with Gasteiger partial charge >= 0.3 is 5.97 Å². The van der Waals surface area contributed by atoms with E-state index in [0.29, 0.717) is 10.0 Å². The number of nitrogens with zero attached hydrogens (tertiary/aromatic N) is 1. The highest BCUT2D eigenvalue weighted by Crippen LogP contribution is 2.29. The second kappa shape index (κ2) is 6.44. The summed E-state index contributed by atoms with van der Waals surface area (Å²) in [7, 11) is 0. The summed E-state index contributed by atoms with van der Waals surface area (Å²) in [6.45, 7) is 2.19. The minimum absolute atomic E-state index is 0.0299. The molecule has 0 bridgehead atoms. The zero-order valence-electron chi connectivity index (χ0n) is 12.1. The lowest BCUT2D eigenvalue weighted by Gasteiger charge is -2.36. The average molecular weight is 346 g/mol. The Morgan fingerprint density at radius 3 is 2.32 bits per heavy atom. The van der Waals surface area contributed by atoms with Gasteiger partial charge in [-0.25, -0.2) is 4.79 Å². The summed E-state index contributed by atoms with van der Waals surface area (Å²) in [6.07, 6.45) is 0.0599. The normalized spacial score (nSPS) is 18.8. The maximum atomic E-state index is 12.5. The van der Waals surface area contributed by atoms with Crippen molar-refractivity contribution >= 4 is 35.1 Å². The van der Waals surface area contributed by atoms with Gasteiger partial charge in [0.2, 0.25) is 5.91 Å². The van der Waals surface area contributed by atoms with Crippen LogP contribution in [0.5, 0.6) is 0 Å². The molecule has 1 saturated heterocycles. The zero-order valence-corrected chi connectivity index (χ0v) is 13.6. The number of amides is 1. The third-order valence-electron chi connectivity index (χ3n) is 4.11. The van der Waals surface area contributed by atoms with Crippen LogP contribution in [0, 0.1) is 0 Å². The molecule has 1 fully saturated rings. The maximum absolute atomic E-state index is 12.5. The van der Waals surface area contributed by atoms with Gasteiger partial charge < -0.3 is 15.1 Å². The van der Waals surface area contributed by atoms with Crippen LogP contribution >= 0.6 is 23.2 Å². The first-order valence-corrected chi connectivity index (χ1v) is 7.70. The number of aliphatic carboxylic acids is 1. The van der Waals surface area contributed by atoms with Crippen LogP contribution in [0.25, 0.3) is 0 Å². The molecule has 2 rings (SSSR count). The fourth-order valence-electron chi connectivity index (χ4n) is 2.51. The zero-order chi connectivity index (χ0) is 16.5. The molecule has 22 heavy (non-hydrogen) atoms. The number of hydrogen-bond acceptors (Lipinski definition) is 3. The SMILES string of the molecule is CC(C(=O)N1CCC(O)(C(=O)O)CC1)c1ccc(Cl)c(Cl)c1. The van der Waals surface area contributed by atoms with Gasteiger partial charge in [0.05, 0.1) is 16.0 Å². The van der Waals surface area contributed by atoms with Crippen LogP contribution in [0.4, 0.5) is 0 Å². The number of carboxylic acids is 1. The average Bonchev–Trinajstić information content (AvgIpc) is 2.49. The largest absolute Gasteiger partial charge is 0.479 e. The number of rotatable bonds is 3. The second-order valence-corrected chi connectivity index (χ2v) is 6.37. The Bertz CT molecular complexity index is 597. The van der Waals surface area contributed by atoms with Crippen molar-refractivity contribution in [2.24, 2.45) is 0 Å². The van der Waals surface area contributed by atoms with Crippen LogP contribution in [0.1, 0.15) is 31.2 Å². The van der Waals surface area contributed by atoms with Crippen LogP contribution in [0.15, 0.2) is 18.2 Å². The number of aliphatic hydroxyl groups is 1. The Kier molecular flexibility index (Phi) is 5.00. The number of piperidine rings is 1. The molecule has 7 heteroatoms. The molecule has 5 nitrogen and oxygen atoms in total. The lowest BCUT2D eigenvalue weighted by molar-refractivity contribution is -0.165. The molecule has 0 spiro atoms.